The van der Waals surface area contributed by atoms with E-state index in [9.17, 15) is 0 Å². The van der Waals surface area contributed by atoms with Gasteiger partial charge in [-0.1, -0.05) is 29.8 Å². The van der Waals surface area contributed by atoms with Crippen molar-refractivity contribution in [2.24, 2.45) is 0 Å². The molecule has 0 unspecified atom stereocenters. The molecule has 1 aromatic carbocycles. The van der Waals surface area contributed by atoms with E-state index in [2.05, 4.69) is 51.6 Å². The van der Waals surface area contributed by atoms with Crippen LogP contribution in [0.25, 0.3) is 0 Å². The number of nitrogens with zero attached hydrogens (tertiary/aromatic N) is 5. The normalized spacial score (nSPS) is 23.0. The van der Waals surface area contributed by atoms with E-state index in [1.54, 1.807) is 0 Å². The number of benzene rings is 1. The molecule has 0 aliphatic carbocycles. The Hall–Kier alpha value is -1.79. The summed E-state index contributed by atoms with van der Waals surface area (Å²) < 4.78 is 7.74. The highest BCUT2D eigenvalue weighted by molar-refractivity contribution is 5.28. The average molecular weight is 327 g/mol. The first-order chi connectivity index (χ1) is 11.8. The Morgan fingerprint density at radius 3 is 2.67 bits per heavy atom. The summed E-state index contributed by atoms with van der Waals surface area (Å²) in [5.41, 5.74) is 2.55. The van der Waals surface area contributed by atoms with Gasteiger partial charge >= 0.3 is 0 Å². The van der Waals surface area contributed by atoms with Gasteiger partial charge in [-0.05, 0) is 61.7 Å². The highest BCUT2D eigenvalue weighted by atomic mass is 16.5. The largest absolute Gasteiger partial charge is 0.376 e. The third-order valence-corrected chi connectivity index (χ3v) is 5.10. The summed E-state index contributed by atoms with van der Waals surface area (Å²) >= 11 is 0. The Kier molecular flexibility index (Phi) is 4.58. The minimum atomic E-state index is 0.129. The lowest BCUT2D eigenvalue weighted by atomic mass is 10.0. The summed E-state index contributed by atoms with van der Waals surface area (Å²) in [6, 6.07) is 8.90. The van der Waals surface area contributed by atoms with Crippen LogP contribution in [-0.2, 0) is 11.3 Å². The quantitative estimate of drug-likeness (QED) is 0.844. The molecule has 6 heteroatoms. The number of likely N-dealkylation sites (tertiary alicyclic amines) is 1. The maximum Gasteiger partial charge on any atom is 0.173 e. The molecule has 1 aromatic heterocycles. The zero-order chi connectivity index (χ0) is 16.4. The minimum absolute atomic E-state index is 0.129. The first kappa shape index (κ1) is 15.7. The van der Waals surface area contributed by atoms with Gasteiger partial charge in [0.05, 0.1) is 18.7 Å². The lowest BCUT2D eigenvalue weighted by Crippen LogP contribution is -2.30. The lowest BCUT2D eigenvalue weighted by Gasteiger charge is -2.27. The van der Waals surface area contributed by atoms with Gasteiger partial charge in [0.25, 0.3) is 0 Å². The van der Waals surface area contributed by atoms with Gasteiger partial charge in [0, 0.05) is 6.61 Å². The molecule has 2 fully saturated rings. The van der Waals surface area contributed by atoms with E-state index in [0.717, 1.165) is 44.9 Å². The number of rotatable bonds is 5. The van der Waals surface area contributed by atoms with E-state index in [0.29, 0.717) is 0 Å². The number of aromatic nitrogens is 4. The molecule has 0 amide bonds. The molecule has 6 nitrogen and oxygen atoms in total. The van der Waals surface area contributed by atoms with E-state index in [1.165, 1.54) is 24.0 Å². The molecule has 2 aliphatic rings. The minimum Gasteiger partial charge on any atom is -0.376 e. The fourth-order valence-electron chi connectivity index (χ4n) is 3.79. The van der Waals surface area contributed by atoms with Crippen LogP contribution >= 0.6 is 0 Å². The smallest absolute Gasteiger partial charge is 0.173 e. The van der Waals surface area contributed by atoms with Gasteiger partial charge in [-0.2, -0.15) is 0 Å². The Balaban J connectivity index is 1.65. The molecular formula is C18H25N5O. The molecule has 4 rings (SSSR count). The monoisotopic (exact) mass is 327 g/mol. The fourth-order valence-corrected chi connectivity index (χ4v) is 3.79. The van der Waals surface area contributed by atoms with Gasteiger partial charge < -0.3 is 4.74 Å². The Bertz CT molecular complexity index is 656. The van der Waals surface area contributed by atoms with Crippen LogP contribution in [0, 0.1) is 6.92 Å². The van der Waals surface area contributed by atoms with Gasteiger partial charge in [0.1, 0.15) is 0 Å². The maximum absolute atomic E-state index is 5.78. The van der Waals surface area contributed by atoms with Crippen LogP contribution in [0.2, 0.25) is 0 Å². The highest BCUT2D eigenvalue weighted by Crippen LogP contribution is 2.30. The van der Waals surface area contributed by atoms with Gasteiger partial charge in [-0.15, -0.1) is 5.10 Å². The Morgan fingerprint density at radius 2 is 1.96 bits per heavy atom. The Labute approximate surface area is 142 Å². The van der Waals surface area contributed by atoms with Gasteiger partial charge in [0.2, 0.25) is 0 Å². The van der Waals surface area contributed by atoms with E-state index in [4.69, 9.17) is 4.74 Å². The first-order valence-corrected chi connectivity index (χ1v) is 8.99. The third-order valence-electron chi connectivity index (χ3n) is 5.10. The van der Waals surface area contributed by atoms with Crippen molar-refractivity contribution < 1.29 is 4.74 Å². The second-order valence-electron chi connectivity index (χ2n) is 6.91. The summed E-state index contributed by atoms with van der Waals surface area (Å²) in [6.07, 6.45) is 4.96. The van der Waals surface area contributed by atoms with Crippen molar-refractivity contribution in [3.8, 4) is 0 Å². The molecular weight excluding hydrogens is 302 g/mol. The lowest BCUT2D eigenvalue weighted by molar-refractivity contribution is 0.0913. The zero-order valence-corrected chi connectivity index (χ0v) is 14.3. The van der Waals surface area contributed by atoms with Crippen LogP contribution in [0.3, 0.4) is 0 Å². The van der Waals surface area contributed by atoms with Crippen LogP contribution in [0.1, 0.15) is 48.7 Å². The summed E-state index contributed by atoms with van der Waals surface area (Å²) in [6.45, 7) is 5.93. The molecule has 0 spiro atoms. The van der Waals surface area contributed by atoms with Crippen molar-refractivity contribution in [1.82, 2.24) is 25.1 Å². The highest BCUT2D eigenvalue weighted by Gasteiger charge is 2.30. The predicted octanol–water partition coefficient (Wildman–Crippen LogP) is 2.35. The topological polar surface area (TPSA) is 56.1 Å². The van der Waals surface area contributed by atoms with E-state index in [1.807, 2.05) is 4.68 Å². The molecule has 3 heterocycles. The van der Waals surface area contributed by atoms with Gasteiger partial charge in [0.15, 0.2) is 5.82 Å². The molecule has 128 valence electrons. The Morgan fingerprint density at radius 1 is 1.17 bits per heavy atom. The van der Waals surface area contributed by atoms with Crippen molar-refractivity contribution >= 4 is 0 Å². The van der Waals surface area contributed by atoms with Crippen molar-refractivity contribution in [2.75, 3.05) is 19.7 Å². The van der Waals surface area contributed by atoms with Crippen molar-refractivity contribution in [2.45, 2.75) is 51.3 Å². The van der Waals surface area contributed by atoms with Crippen LogP contribution in [0.4, 0.5) is 0 Å². The second-order valence-corrected chi connectivity index (χ2v) is 6.91. The first-order valence-electron chi connectivity index (χ1n) is 8.99. The summed E-state index contributed by atoms with van der Waals surface area (Å²) in [5.74, 6) is 0.941. The summed E-state index contributed by atoms with van der Waals surface area (Å²) in [5, 5.41) is 12.7. The predicted molar refractivity (Wildman–Crippen MR) is 90.6 cm³/mol. The molecule has 2 aromatic rings. The molecule has 0 bridgehead atoms. The standard InChI is InChI=1S/C18H25N5O/c1-14-6-8-15(9-7-14)17(22-10-2-3-11-22)18-19-20-21-23(18)13-16-5-4-12-24-16/h6-9,16-17H,2-5,10-13H2,1H3/t16-,17+/m0/s1. The van der Waals surface area contributed by atoms with E-state index in [-0.39, 0.29) is 12.1 Å². The number of hydrogen-bond acceptors (Lipinski definition) is 5. The zero-order valence-electron chi connectivity index (χ0n) is 14.3. The summed E-state index contributed by atoms with van der Waals surface area (Å²) in [4.78, 5) is 2.50. The number of hydrogen-bond donors (Lipinski definition) is 0. The number of aryl methyl sites for hydroxylation is 1. The molecule has 0 radical (unpaired) electrons. The molecule has 0 N–H and O–H groups in total. The molecule has 0 saturated carbocycles. The maximum atomic E-state index is 5.78. The SMILES string of the molecule is Cc1ccc([C@H](c2nnnn2C[C@@H]2CCCO2)N2CCCC2)cc1. The van der Waals surface area contributed by atoms with Crippen LogP contribution in [0.5, 0.6) is 0 Å². The van der Waals surface area contributed by atoms with E-state index >= 15 is 0 Å². The molecule has 2 saturated heterocycles. The van der Waals surface area contributed by atoms with Gasteiger partial charge in [-0.25, -0.2) is 4.68 Å². The second kappa shape index (κ2) is 6.99. The van der Waals surface area contributed by atoms with Gasteiger partial charge in [-0.3, -0.25) is 4.90 Å². The number of ether oxygens (including phenoxy) is 1. The molecule has 24 heavy (non-hydrogen) atoms. The average Bonchev–Trinajstić information content (AvgIpc) is 3.34. The summed E-state index contributed by atoms with van der Waals surface area (Å²) in [7, 11) is 0. The molecule has 2 aliphatic heterocycles. The van der Waals surface area contributed by atoms with Crippen molar-refractivity contribution in [3.63, 3.8) is 0 Å². The van der Waals surface area contributed by atoms with Crippen LogP contribution < -0.4 is 0 Å². The number of tetrazole rings is 1. The van der Waals surface area contributed by atoms with E-state index < -0.39 is 0 Å². The third kappa shape index (κ3) is 3.21. The fraction of sp³-hybridized carbons (Fsp3) is 0.611. The van der Waals surface area contributed by atoms with Crippen molar-refractivity contribution in [3.05, 3.63) is 41.2 Å². The molecule has 2 atom stereocenters. The van der Waals surface area contributed by atoms with Crippen LogP contribution in [-0.4, -0.2) is 50.9 Å². The van der Waals surface area contributed by atoms with Crippen LogP contribution in [0.15, 0.2) is 24.3 Å². The van der Waals surface area contributed by atoms with Crippen molar-refractivity contribution in [1.29, 1.82) is 0 Å².